The molecule has 0 unspecified atom stereocenters. The number of rotatable bonds is 14. The van der Waals surface area contributed by atoms with Crippen molar-refractivity contribution in [3.63, 3.8) is 0 Å². The molecule has 2 fully saturated rings. The molecule has 2 N–H and O–H groups in total. The molecule has 2 aromatic carbocycles. The van der Waals surface area contributed by atoms with E-state index in [2.05, 4.69) is 20.9 Å². The quantitative estimate of drug-likeness (QED) is 0.123. The van der Waals surface area contributed by atoms with Gasteiger partial charge in [-0.3, -0.25) is 0 Å². The summed E-state index contributed by atoms with van der Waals surface area (Å²) in [7, 11) is -7.88. The zero-order chi connectivity index (χ0) is 45.0. The summed E-state index contributed by atoms with van der Waals surface area (Å²) < 4.78 is 70.9. The number of alkyl carbamates (subject to hydrolysis) is 2. The standard InChI is InChI=1S/C44H66N6O10S2/c1-43(2,3)59-41(51)45-23-17-29-57-47-39-35-21-19-33(61(53,54)49-25-13-9-7-10-14-26-49)31-37(35)40(48-58-30-18-24-46-42(52)60-44(4,5)6)38-32-34(20-22-36(38)39)62(55,56)50-27-15-11-8-12-16-28-50/h19-22,31-32H,7-18,23-30H2,1-6H3,(H,45,51)(H,46,52). The van der Waals surface area contributed by atoms with E-state index in [1.54, 1.807) is 77.9 Å². The van der Waals surface area contributed by atoms with Gasteiger partial charge in [0.2, 0.25) is 20.0 Å². The number of nitrogens with one attached hydrogen (secondary N) is 2. The lowest BCUT2D eigenvalue weighted by Gasteiger charge is -2.27. The second kappa shape index (κ2) is 21.9. The van der Waals surface area contributed by atoms with E-state index in [9.17, 15) is 26.4 Å². The number of fused-ring (bicyclic) bond motifs is 2. The highest BCUT2D eigenvalue weighted by Crippen LogP contribution is 2.34. The number of benzene rings is 2. The lowest BCUT2D eigenvalue weighted by atomic mass is 9.83. The fraction of sp³-hybridized carbons (Fsp3) is 0.636. The van der Waals surface area contributed by atoms with Gasteiger partial charge in [0.05, 0.1) is 9.79 Å². The van der Waals surface area contributed by atoms with Crippen molar-refractivity contribution in [1.29, 1.82) is 0 Å². The molecule has 2 aliphatic heterocycles. The highest BCUT2D eigenvalue weighted by atomic mass is 32.2. The van der Waals surface area contributed by atoms with E-state index in [1.807, 2.05) is 0 Å². The van der Waals surface area contributed by atoms with E-state index in [1.165, 1.54) is 8.61 Å². The molecule has 2 saturated heterocycles. The first kappa shape index (κ1) is 48.8. The predicted molar refractivity (Wildman–Crippen MR) is 237 cm³/mol. The lowest BCUT2D eigenvalue weighted by Crippen LogP contribution is -2.34. The normalized spacial score (nSPS) is 17.2. The molecule has 344 valence electrons. The number of nitrogens with zero attached hydrogens (tertiary/aromatic N) is 4. The maximum absolute atomic E-state index is 14.3. The molecule has 2 amide bonds. The molecular weight excluding hydrogens is 837 g/mol. The summed E-state index contributed by atoms with van der Waals surface area (Å²) in [5, 5.41) is 14.5. The average molecular weight is 903 g/mol. The van der Waals surface area contributed by atoms with Crippen molar-refractivity contribution in [3.05, 3.63) is 58.7 Å². The maximum Gasteiger partial charge on any atom is 0.407 e. The molecule has 2 aromatic rings. The molecule has 5 rings (SSSR count). The van der Waals surface area contributed by atoms with E-state index in [0.29, 0.717) is 67.0 Å². The average Bonchev–Trinajstić information content (AvgIpc) is 3.15. The van der Waals surface area contributed by atoms with E-state index in [-0.39, 0.29) is 41.8 Å². The van der Waals surface area contributed by atoms with Gasteiger partial charge >= 0.3 is 12.2 Å². The van der Waals surface area contributed by atoms with Gasteiger partial charge < -0.3 is 29.8 Å². The van der Waals surface area contributed by atoms with Gasteiger partial charge in [-0.15, -0.1) is 0 Å². The van der Waals surface area contributed by atoms with Gasteiger partial charge in [-0.05, 0) is 91.5 Å². The van der Waals surface area contributed by atoms with Gasteiger partial charge in [-0.2, -0.15) is 8.61 Å². The summed E-state index contributed by atoms with van der Waals surface area (Å²) >= 11 is 0. The third-order valence-electron chi connectivity index (χ3n) is 10.4. The van der Waals surface area contributed by atoms with Gasteiger partial charge in [0.25, 0.3) is 0 Å². The molecule has 3 aliphatic rings. The minimum absolute atomic E-state index is 0.0624. The molecule has 2 heterocycles. The zero-order valence-corrected chi connectivity index (χ0v) is 38.9. The second-order valence-electron chi connectivity index (χ2n) is 17.9. The third kappa shape index (κ3) is 13.9. The summed E-state index contributed by atoms with van der Waals surface area (Å²) in [6.07, 6.45) is 8.66. The number of amides is 2. The largest absolute Gasteiger partial charge is 0.444 e. The monoisotopic (exact) mass is 902 g/mol. The van der Waals surface area contributed by atoms with Crippen LogP contribution in [0.3, 0.4) is 0 Å². The minimum atomic E-state index is -3.94. The van der Waals surface area contributed by atoms with Crippen LogP contribution in [0.25, 0.3) is 0 Å². The summed E-state index contributed by atoms with van der Waals surface area (Å²) in [6, 6.07) is 9.56. The summed E-state index contributed by atoms with van der Waals surface area (Å²) in [4.78, 5) is 36.2. The Hall–Kier alpha value is -4.26. The van der Waals surface area contributed by atoms with Crippen LogP contribution in [0.1, 0.15) is 141 Å². The molecule has 0 atom stereocenters. The summed E-state index contributed by atoms with van der Waals surface area (Å²) in [5.74, 6) is 0. The van der Waals surface area contributed by atoms with Crippen molar-refractivity contribution in [1.82, 2.24) is 19.2 Å². The van der Waals surface area contributed by atoms with E-state index >= 15 is 0 Å². The third-order valence-corrected chi connectivity index (χ3v) is 14.2. The molecular formula is C44H66N6O10S2. The number of sulfonamides is 2. The van der Waals surface area contributed by atoms with E-state index in [0.717, 1.165) is 64.2 Å². The molecule has 18 heteroatoms. The van der Waals surface area contributed by atoms with Crippen LogP contribution in [-0.4, -0.2) is 113 Å². The molecule has 0 aromatic heterocycles. The number of hydrogen-bond acceptors (Lipinski definition) is 12. The number of hydrogen-bond donors (Lipinski definition) is 2. The Balaban J connectivity index is 1.53. The molecule has 0 spiro atoms. The fourth-order valence-electron chi connectivity index (χ4n) is 7.38. The fourth-order valence-corrected chi connectivity index (χ4v) is 10.5. The first-order valence-electron chi connectivity index (χ1n) is 22.0. The Morgan fingerprint density at radius 3 is 1.24 bits per heavy atom. The van der Waals surface area contributed by atoms with Crippen LogP contribution >= 0.6 is 0 Å². The SMILES string of the molecule is CC(C)(C)OC(=O)NCCCON=C1c2ccc(S(=O)(=O)N3CCCCCCC3)cc2C(=NOCCCNC(=O)OC(C)(C)C)c2cc(S(=O)(=O)N3CCCCCCC3)ccc21. The predicted octanol–water partition coefficient (Wildman–Crippen LogP) is 7.28. The summed E-state index contributed by atoms with van der Waals surface area (Å²) in [6.45, 7) is 13.0. The highest BCUT2D eigenvalue weighted by Gasteiger charge is 2.34. The van der Waals surface area contributed by atoms with Gasteiger partial charge in [0.15, 0.2) is 0 Å². The summed E-state index contributed by atoms with van der Waals surface area (Å²) in [5.41, 5.74) is 1.02. The van der Waals surface area contributed by atoms with Crippen LogP contribution in [0.5, 0.6) is 0 Å². The van der Waals surface area contributed by atoms with Gasteiger partial charge in [-0.1, -0.05) is 61.0 Å². The molecule has 0 bridgehead atoms. The van der Waals surface area contributed by atoms with Crippen molar-refractivity contribution >= 4 is 43.7 Å². The highest BCUT2D eigenvalue weighted by molar-refractivity contribution is 7.89. The van der Waals surface area contributed by atoms with Crippen molar-refractivity contribution in [2.75, 3.05) is 52.5 Å². The molecule has 62 heavy (non-hydrogen) atoms. The first-order chi connectivity index (χ1) is 29.4. The number of carbonyl (C=O) groups is 2. The molecule has 1 aliphatic carbocycles. The molecule has 16 nitrogen and oxygen atoms in total. The maximum atomic E-state index is 14.3. The minimum Gasteiger partial charge on any atom is -0.444 e. The Bertz CT molecular complexity index is 2020. The van der Waals surface area contributed by atoms with E-state index in [4.69, 9.17) is 19.1 Å². The Kier molecular flexibility index (Phi) is 17.2. The van der Waals surface area contributed by atoms with Crippen molar-refractivity contribution in [3.8, 4) is 0 Å². The van der Waals surface area contributed by atoms with Crippen molar-refractivity contribution < 1.29 is 45.6 Å². The Morgan fingerprint density at radius 2 is 0.887 bits per heavy atom. The van der Waals surface area contributed by atoms with Gasteiger partial charge in [-0.25, -0.2) is 26.4 Å². The van der Waals surface area contributed by atoms with Crippen LogP contribution in [0.2, 0.25) is 0 Å². The van der Waals surface area contributed by atoms with Crippen LogP contribution in [-0.2, 0) is 39.2 Å². The zero-order valence-electron chi connectivity index (χ0n) is 37.3. The van der Waals surface area contributed by atoms with Crippen LogP contribution < -0.4 is 10.6 Å². The lowest BCUT2D eigenvalue weighted by molar-refractivity contribution is 0.0508. The Morgan fingerprint density at radius 1 is 0.548 bits per heavy atom. The number of ether oxygens (including phenoxy) is 2. The van der Waals surface area contributed by atoms with Crippen LogP contribution in [0.15, 0.2) is 56.5 Å². The first-order valence-corrected chi connectivity index (χ1v) is 24.9. The molecule has 0 saturated carbocycles. The van der Waals surface area contributed by atoms with Crippen molar-refractivity contribution in [2.24, 2.45) is 10.3 Å². The van der Waals surface area contributed by atoms with Gasteiger partial charge in [0.1, 0.15) is 35.8 Å². The second-order valence-corrected chi connectivity index (χ2v) is 21.7. The van der Waals surface area contributed by atoms with Crippen molar-refractivity contribution in [2.45, 2.75) is 140 Å². The topological polar surface area (TPSA) is 195 Å². The van der Waals surface area contributed by atoms with Crippen LogP contribution in [0, 0.1) is 0 Å². The Labute approximate surface area is 368 Å². The van der Waals surface area contributed by atoms with E-state index < -0.39 is 43.4 Å². The van der Waals surface area contributed by atoms with Crippen LogP contribution in [0.4, 0.5) is 9.59 Å². The number of oxime groups is 2. The smallest absolute Gasteiger partial charge is 0.407 e. The molecule has 0 radical (unpaired) electrons. The number of carbonyl (C=O) groups excluding carboxylic acids is 2. The van der Waals surface area contributed by atoms with Gasteiger partial charge in [0, 0.05) is 74.4 Å².